The van der Waals surface area contributed by atoms with Crippen molar-refractivity contribution in [3.8, 4) is 0 Å². The molecule has 0 aliphatic rings. The second-order valence-corrected chi connectivity index (χ2v) is 8.86. The number of hydrogen-bond donors (Lipinski definition) is 0. The van der Waals surface area contributed by atoms with Crippen LogP contribution < -0.4 is 4.90 Å². The molecule has 154 valence electrons. The molecule has 0 aliphatic heterocycles. The van der Waals surface area contributed by atoms with Gasteiger partial charge in [-0.15, -0.1) is 0 Å². The van der Waals surface area contributed by atoms with E-state index in [1.54, 1.807) is 42.3 Å². The van der Waals surface area contributed by atoms with E-state index >= 15 is 0 Å². The zero-order valence-electron chi connectivity index (χ0n) is 16.4. The topological polar surface area (TPSA) is 55.2 Å². The third-order valence-electron chi connectivity index (χ3n) is 5.03. The number of rotatable bonds is 5. The maximum absolute atomic E-state index is 14.4. The molecule has 0 atom stereocenters. The van der Waals surface area contributed by atoms with Gasteiger partial charge in [0.15, 0.2) is 11.6 Å². The third-order valence-corrected chi connectivity index (χ3v) is 6.68. The van der Waals surface area contributed by atoms with Gasteiger partial charge < -0.3 is 4.90 Å². The van der Waals surface area contributed by atoms with Crippen molar-refractivity contribution in [2.45, 2.75) is 18.4 Å². The highest BCUT2D eigenvalue weighted by molar-refractivity contribution is 7.90. The fourth-order valence-electron chi connectivity index (χ4n) is 3.43. The Hall–Kier alpha value is -3.26. The normalized spacial score (nSPS) is 11.7. The predicted octanol–water partition coefficient (Wildman–Crippen LogP) is 4.50. The van der Waals surface area contributed by atoms with Crippen LogP contribution in [0.4, 0.5) is 14.5 Å². The Morgan fingerprint density at radius 1 is 1.03 bits per heavy atom. The van der Waals surface area contributed by atoms with Gasteiger partial charge in [0, 0.05) is 37.6 Å². The van der Waals surface area contributed by atoms with E-state index in [0.29, 0.717) is 16.5 Å². The van der Waals surface area contributed by atoms with E-state index in [2.05, 4.69) is 4.98 Å². The largest absolute Gasteiger partial charge is 0.368 e. The van der Waals surface area contributed by atoms with E-state index in [1.807, 2.05) is 0 Å². The SMILES string of the molecule is Cc1ccc(N(C)Cc2cn(S(=O)(=O)c3cccnc3)c3ccccc23)c(F)c1F. The molecular weight excluding hydrogens is 408 g/mol. The summed E-state index contributed by atoms with van der Waals surface area (Å²) in [7, 11) is -2.23. The van der Waals surface area contributed by atoms with Crippen LogP contribution in [-0.2, 0) is 16.6 Å². The number of aryl methyl sites for hydroxylation is 1. The lowest BCUT2D eigenvalue weighted by atomic mass is 10.1. The molecule has 30 heavy (non-hydrogen) atoms. The van der Waals surface area contributed by atoms with Gasteiger partial charge in [-0.2, -0.15) is 0 Å². The number of nitrogens with zero attached hydrogens (tertiary/aromatic N) is 3. The Kier molecular flexibility index (Phi) is 5.03. The van der Waals surface area contributed by atoms with Crippen LogP contribution >= 0.6 is 0 Å². The fourth-order valence-corrected chi connectivity index (χ4v) is 4.78. The molecule has 0 unspecified atom stereocenters. The van der Waals surface area contributed by atoms with Gasteiger partial charge in [0.2, 0.25) is 0 Å². The highest BCUT2D eigenvalue weighted by Crippen LogP contribution is 2.29. The summed E-state index contributed by atoms with van der Waals surface area (Å²) in [5, 5.41) is 0.713. The molecule has 8 heteroatoms. The summed E-state index contributed by atoms with van der Waals surface area (Å²) >= 11 is 0. The predicted molar refractivity (Wildman–Crippen MR) is 112 cm³/mol. The average Bonchev–Trinajstić information content (AvgIpc) is 3.12. The van der Waals surface area contributed by atoms with Crippen LogP contribution in [0, 0.1) is 18.6 Å². The first-order valence-electron chi connectivity index (χ1n) is 9.21. The highest BCUT2D eigenvalue weighted by atomic mass is 32.2. The second-order valence-electron chi connectivity index (χ2n) is 7.05. The van der Waals surface area contributed by atoms with Gasteiger partial charge in [0.05, 0.1) is 11.2 Å². The highest BCUT2D eigenvalue weighted by Gasteiger charge is 2.22. The smallest absolute Gasteiger partial charge is 0.269 e. The summed E-state index contributed by atoms with van der Waals surface area (Å²) in [5.74, 6) is -1.81. The van der Waals surface area contributed by atoms with Crippen LogP contribution in [0.15, 0.2) is 72.0 Å². The molecule has 4 aromatic rings. The van der Waals surface area contributed by atoms with Gasteiger partial charge in [0.25, 0.3) is 10.0 Å². The maximum Gasteiger partial charge on any atom is 0.269 e. The molecule has 0 aliphatic carbocycles. The second kappa shape index (κ2) is 7.53. The van der Waals surface area contributed by atoms with Crippen LogP contribution in [0.2, 0.25) is 0 Å². The first-order chi connectivity index (χ1) is 14.3. The summed E-state index contributed by atoms with van der Waals surface area (Å²) in [5.41, 5.74) is 1.50. The summed E-state index contributed by atoms with van der Waals surface area (Å²) in [6.45, 7) is 1.69. The molecule has 0 bridgehead atoms. The standard InChI is InChI=1S/C22H19F2N3O2S/c1-15-9-10-20(22(24)21(15)23)26(2)13-16-14-27(19-8-4-3-7-18(16)19)30(28,29)17-6-5-11-25-12-17/h3-12,14H,13H2,1-2H3. The molecule has 0 N–H and O–H groups in total. The molecule has 2 heterocycles. The lowest BCUT2D eigenvalue weighted by Gasteiger charge is -2.20. The van der Waals surface area contributed by atoms with Gasteiger partial charge in [-0.3, -0.25) is 4.98 Å². The molecule has 0 fully saturated rings. The van der Waals surface area contributed by atoms with Gasteiger partial charge in [-0.25, -0.2) is 21.2 Å². The molecule has 5 nitrogen and oxygen atoms in total. The Morgan fingerprint density at radius 3 is 2.53 bits per heavy atom. The van der Waals surface area contributed by atoms with E-state index < -0.39 is 21.7 Å². The van der Waals surface area contributed by atoms with E-state index in [0.717, 1.165) is 0 Å². The van der Waals surface area contributed by atoms with Crippen molar-refractivity contribution in [2.24, 2.45) is 0 Å². The number of fused-ring (bicyclic) bond motifs is 1. The molecule has 0 saturated heterocycles. The Labute approximate surface area is 173 Å². The van der Waals surface area contributed by atoms with E-state index in [4.69, 9.17) is 0 Å². The van der Waals surface area contributed by atoms with Crippen molar-refractivity contribution >= 4 is 26.6 Å². The van der Waals surface area contributed by atoms with E-state index in [1.165, 1.54) is 47.7 Å². The minimum Gasteiger partial charge on any atom is -0.368 e. The van der Waals surface area contributed by atoms with Crippen molar-refractivity contribution in [2.75, 3.05) is 11.9 Å². The minimum absolute atomic E-state index is 0.0670. The molecule has 2 aromatic heterocycles. The first-order valence-corrected chi connectivity index (χ1v) is 10.6. The van der Waals surface area contributed by atoms with Crippen molar-refractivity contribution in [1.82, 2.24) is 8.96 Å². The lowest BCUT2D eigenvalue weighted by molar-refractivity contribution is 0.502. The molecule has 2 aromatic carbocycles. The summed E-state index contributed by atoms with van der Waals surface area (Å²) in [4.78, 5) is 5.52. The maximum atomic E-state index is 14.4. The van der Waals surface area contributed by atoms with E-state index in [9.17, 15) is 17.2 Å². The molecule has 0 spiro atoms. The quantitative estimate of drug-likeness (QED) is 0.471. The summed E-state index contributed by atoms with van der Waals surface area (Å²) < 4.78 is 55.9. The van der Waals surface area contributed by atoms with Crippen LogP contribution in [0.25, 0.3) is 10.9 Å². The number of hydrogen-bond acceptors (Lipinski definition) is 4. The number of pyridine rings is 1. The summed E-state index contributed by atoms with van der Waals surface area (Å²) in [6, 6.07) is 13.1. The van der Waals surface area contributed by atoms with Gasteiger partial charge >= 0.3 is 0 Å². The minimum atomic E-state index is -3.86. The van der Waals surface area contributed by atoms with Crippen molar-refractivity contribution < 1.29 is 17.2 Å². The number of anilines is 1. The first kappa shape index (κ1) is 20.0. The monoisotopic (exact) mass is 427 g/mol. The molecule has 0 radical (unpaired) electrons. The van der Waals surface area contributed by atoms with Crippen molar-refractivity contribution in [1.29, 1.82) is 0 Å². The van der Waals surface area contributed by atoms with E-state index in [-0.39, 0.29) is 22.7 Å². The fraction of sp³-hybridized carbons (Fsp3) is 0.136. The molecular formula is C22H19F2N3O2S. The summed E-state index contributed by atoms with van der Waals surface area (Å²) in [6.07, 6.45) is 4.31. The van der Waals surface area contributed by atoms with Crippen LogP contribution in [-0.4, -0.2) is 24.4 Å². The Morgan fingerprint density at radius 2 is 1.80 bits per heavy atom. The van der Waals surface area contributed by atoms with Crippen LogP contribution in [0.1, 0.15) is 11.1 Å². The number of halogens is 2. The molecule has 0 saturated carbocycles. The Balaban J connectivity index is 1.79. The molecule has 0 amide bonds. The van der Waals surface area contributed by atoms with Crippen LogP contribution in [0.5, 0.6) is 0 Å². The number of para-hydroxylation sites is 1. The Bertz CT molecular complexity index is 1340. The number of aromatic nitrogens is 2. The van der Waals surface area contributed by atoms with Gasteiger partial charge in [-0.1, -0.05) is 24.3 Å². The van der Waals surface area contributed by atoms with Gasteiger partial charge in [-0.05, 0) is 42.3 Å². The zero-order valence-corrected chi connectivity index (χ0v) is 17.2. The third kappa shape index (κ3) is 3.33. The van der Waals surface area contributed by atoms with Crippen molar-refractivity contribution in [3.63, 3.8) is 0 Å². The average molecular weight is 427 g/mol. The van der Waals surface area contributed by atoms with Gasteiger partial charge in [0.1, 0.15) is 4.90 Å². The molecule has 4 rings (SSSR count). The van der Waals surface area contributed by atoms with Crippen LogP contribution in [0.3, 0.4) is 0 Å². The van der Waals surface area contributed by atoms with Crippen molar-refractivity contribution in [3.05, 3.63) is 89.9 Å². The lowest BCUT2D eigenvalue weighted by Crippen LogP contribution is -2.18. The zero-order chi connectivity index (χ0) is 21.5. The number of benzene rings is 2.